The number of aliphatic hydroxyl groups excluding tert-OH is 1. The van der Waals surface area contributed by atoms with Gasteiger partial charge in [-0.2, -0.15) is 0 Å². The molecule has 0 fully saturated rings. The van der Waals surface area contributed by atoms with Crippen LogP contribution in [0.1, 0.15) is 57.7 Å². The minimum Gasteiger partial charge on any atom is -0.466 e. The van der Waals surface area contributed by atoms with Gasteiger partial charge in [0, 0.05) is 51.2 Å². The average molecular weight is 1420 g/mol. The topological polar surface area (TPSA) is 207 Å². The second-order valence-electron chi connectivity index (χ2n) is 30.3. The first-order chi connectivity index (χ1) is 47.0. The third kappa shape index (κ3) is 33.2. The van der Waals surface area contributed by atoms with Gasteiger partial charge in [-0.1, -0.05) is 279 Å². The molecule has 0 spiro atoms. The Labute approximate surface area is 594 Å². The van der Waals surface area contributed by atoms with Crippen LogP contribution in [0, 0.1) is 11.8 Å². The molecule has 1 aliphatic rings. The van der Waals surface area contributed by atoms with Crippen LogP contribution in [-0.4, -0.2) is 118 Å². The van der Waals surface area contributed by atoms with Gasteiger partial charge in [-0.3, -0.25) is 24.0 Å². The van der Waals surface area contributed by atoms with Crippen molar-refractivity contribution in [2.75, 3.05) is 33.0 Å². The first-order valence-corrected chi connectivity index (χ1v) is 49.6. The highest BCUT2D eigenvalue weighted by atomic mass is 28.3. The van der Waals surface area contributed by atoms with Gasteiger partial charge in [0.1, 0.15) is 19.3 Å². The lowest BCUT2D eigenvalue weighted by molar-refractivity contribution is -0.155. The van der Waals surface area contributed by atoms with Gasteiger partial charge in [0.05, 0.1) is 44.1 Å². The summed E-state index contributed by atoms with van der Waals surface area (Å²) in [6, 6.07) is 66.9. The van der Waals surface area contributed by atoms with E-state index < -0.39 is 62.3 Å². The van der Waals surface area contributed by atoms with Gasteiger partial charge < -0.3 is 39.8 Å². The van der Waals surface area contributed by atoms with E-state index in [4.69, 9.17) is 34.5 Å². The molecule has 0 aromatic heterocycles. The van der Waals surface area contributed by atoms with Crippen LogP contribution in [0.15, 0.2) is 200 Å². The molecule has 0 aliphatic heterocycles. The molecule has 14 nitrogen and oxygen atoms in total. The fourth-order valence-electron chi connectivity index (χ4n) is 10.5. The second-order valence-corrected chi connectivity index (χ2v) is 52.8. The van der Waals surface area contributed by atoms with E-state index in [1.165, 1.54) is 0 Å². The highest BCUT2D eigenvalue weighted by Crippen LogP contribution is 2.44. The first-order valence-electron chi connectivity index (χ1n) is 34.8. The molecule has 0 radical (unpaired) electrons. The summed E-state index contributed by atoms with van der Waals surface area (Å²) in [6.07, 6.45) is 0.969. The standard InChI is InChI=1S/C39H43NO5Si.C23H30O4Si.C14H23NO2Si.C5H14OSi/c1-46(2,3)23-22-44-38(42)30(24-28-14-6-4-7-15-28)26-37(41)36(25-29-16-8-5-9-17-29)40-39(43)45-27-35-33-20-12-10-18-31(33)32-19-11-13-21-34(32)35;1-28(2,3)15-14-26-23(25)21(16-19-10-6-4-7-11-19)17-22(24)27-18-20-12-8-5-9-13-20;1-18(2,3)10-9-17-14(16)13(15)11-12-7-5-4-6-8-12;1-7(2,3)5-4-6/h4-21,30,35-36H,22-27H2,1-3H3,(H,40,43);4-13,21H,14-18H2,1-3H3;4-8,13H,9-11,15H2,1-3H3;6H,4-5H2,1-3H3/t30-,36+;21-;13-;/m110./s1. The van der Waals surface area contributed by atoms with Gasteiger partial charge in [-0.25, -0.2) is 4.79 Å². The predicted molar refractivity (Wildman–Crippen MR) is 411 cm³/mol. The molecule has 4 atom stereocenters. The number of ketones is 1. The van der Waals surface area contributed by atoms with Crippen molar-refractivity contribution < 1.29 is 57.6 Å². The van der Waals surface area contributed by atoms with E-state index in [2.05, 4.69) is 108 Å². The second kappa shape index (κ2) is 41.7. The maximum absolute atomic E-state index is 13.9. The molecule has 8 rings (SSSR count). The number of carbonyl (C=O) groups is 6. The summed E-state index contributed by atoms with van der Waals surface area (Å²) in [5, 5.41) is 11.3. The van der Waals surface area contributed by atoms with Gasteiger partial charge in [0.15, 0.2) is 5.78 Å². The number of amides is 1. The SMILES string of the molecule is C[Si](C)(C)CCO.C[Si](C)(C)CCOC(=O)[C@@H](CC(=O)OCc1ccccc1)Cc1ccccc1.C[Si](C)(C)CCOC(=O)[C@@H](CC(=O)[C@H](Cc1ccccc1)NC(=O)OCC1c2ccccc2-c2ccccc21)Cc1ccccc1.C[Si](C)(C)CCOC(=O)[C@@H](N)Cc1ccccc1. The van der Waals surface area contributed by atoms with E-state index in [0.29, 0.717) is 45.7 Å². The number of benzene rings is 7. The Bertz CT molecular complexity index is 3490. The summed E-state index contributed by atoms with van der Waals surface area (Å²) in [4.78, 5) is 77.3. The van der Waals surface area contributed by atoms with Crippen molar-refractivity contribution in [2.24, 2.45) is 17.6 Å². The number of alkyl carbamates (subject to hydrolysis) is 1. The molecule has 1 amide bonds. The lowest BCUT2D eigenvalue weighted by Crippen LogP contribution is -2.44. The summed E-state index contributed by atoms with van der Waals surface area (Å²) in [6.45, 7) is 28.9. The van der Waals surface area contributed by atoms with Crippen LogP contribution < -0.4 is 11.1 Å². The van der Waals surface area contributed by atoms with E-state index in [1.54, 1.807) is 0 Å². The summed E-state index contributed by atoms with van der Waals surface area (Å²) >= 11 is 0. The number of hydrogen-bond donors (Lipinski definition) is 3. The monoisotopic (exact) mass is 1410 g/mol. The fraction of sp³-hybridized carbons (Fsp3) is 0.407. The van der Waals surface area contributed by atoms with Crippen LogP contribution in [0.4, 0.5) is 4.79 Å². The molecular formula is C81H110N2O12Si4. The molecule has 1 aliphatic carbocycles. The third-order valence-corrected chi connectivity index (χ3v) is 23.3. The van der Waals surface area contributed by atoms with Crippen LogP contribution >= 0.6 is 0 Å². The van der Waals surface area contributed by atoms with Gasteiger partial charge in [0.2, 0.25) is 0 Å². The highest BCUT2D eigenvalue weighted by molar-refractivity contribution is 6.77. The van der Waals surface area contributed by atoms with Crippen molar-refractivity contribution in [3.05, 3.63) is 239 Å². The van der Waals surface area contributed by atoms with E-state index in [-0.39, 0.29) is 68.1 Å². The molecule has 532 valence electrons. The number of hydrogen-bond acceptors (Lipinski definition) is 13. The highest BCUT2D eigenvalue weighted by Gasteiger charge is 2.33. The van der Waals surface area contributed by atoms with Crippen molar-refractivity contribution in [1.29, 1.82) is 0 Å². The Morgan fingerprint density at radius 3 is 1.13 bits per heavy atom. The lowest BCUT2D eigenvalue weighted by Gasteiger charge is -2.22. The number of aliphatic hydroxyl groups is 1. The van der Waals surface area contributed by atoms with Crippen molar-refractivity contribution in [2.45, 2.75) is 166 Å². The zero-order chi connectivity index (χ0) is 72.4. The number of fused-ring (bicyclic) bond motifs is 3. The van der Waals surface area contributed by atoms with Gasteiger partial charge in [0.25, 0.3) is 0 Å². The Kier molecular flexibility index (Phi) is 34.4. The molecule has 7 aromatic rings. The molecule has 7 aromatic carbocycles. The first kappa shape index (κ1) is 81.8. The Morgan fingerprint density at radius 1 is 0.404 bits per heavy atom. The third-order valence-electron chi connectivity index (χ3n) is 16.5. The Hall–Kier alpha value is -7.85. The van der Waals surface area contributed by atoms with Crippen molar-refractivity contribution in [1.82, 2.24) is 5.32 Å². The Morgan fingerprint density at radius 2 is 0.747 bits per heavy atom. The van der Waals surface area contributed by atoms with Crippen molar-refractivity contribution >= 4 is 68.0 Å². The number of nitrogens with one attached hydrogen (secondary N) is 1. The largest absolute Gasteiger partial charge is 0.466 e. The Balaban J connectivity index is 0.000000281. The van der Waals surface area contributed by atoms with E-state index in [9.17, 15) is 28.8 Å². The van der Waals surface area contributed by atoms with Crippen LogP contribution in [0.5, 0.6) is 0 Å². The van der Waals surface area contributed by atoms with E-state index >= 15 is 0 Å². The summed E-state index contributed by atoms with van der Waals surface area (Å²) in [5.41, 5.74) is 15.2. The average Bonchev–Trinajstić information content (AvgIpc) is 1.62. The maximum atomic E-state index is 13.9. The van der Waals surface area contributed by atoms with Crippen molar-refractivity contribution in [3.8, 4) is 11.1 Å². The number of Topliss-reactive ketones (excluding diaryl/α,β-unsaturated/α-hetero) is 1. The van der Waals surface area contributed by atoms with Crippen LogP contribution in [-0.2, 0) is 79.9 Å². The molecule has 0 heterocycles. The molecule has 4 N–H and O–H groups in total. The van der Waals surface area contributed by atoms with Crippen molar-refractivity contribution in [3.63, 3.8) is 0 Å². The number of carbonyl (C=O) groups excluding carboxylic acids is 6. The number of esters is 4. The summed E-state index contributed by atoms with van der Waals surface area (Å²) < 4.78 is 27.6. The molecule has 99 heavy (non-hydrogen) atoms. The summed E-state index contributed by atoms with van der Waals surface area (Å²) in [5.74, 6) is -2.91. The van der Waals surface area contributed by atoms with Gasteiger partial charge >= 0.3 is 30.0 Å². The number of ether oxygens (including phenoxy) is 5. The number of nitrogens with two attached hydrogens (primary N) is 1. The zero-order valence-electron chi connectivity index (χ0n) is 60.8. The molecule has 0 bridgehead atoms. The molecule has 18 heteroatoms. The fourth-order valence-corrected chi connectivity index (χ4v) is 13.4. The molecule has 0 saturated carbocycles. The smallest absolute Gasteiger partial charge is 0.407 e. The summed E-state index contributed by atoms with van der Waals surface area (Å²) in [7, 11) is -4.75. The van der Waals surface area contributed by atoms with E-state index in [1.807, 2.05) is 176 Å². The van der Waals surface area contributed by atoms with Crippen LogP contribution in [0.25, 0.3) is 11.1 Å². The minimum absolute atomic E-state index is 0.0213. The van der Waals surface area contributed by atoms with Gasteiger partial charge in [-0.15, -0.1) is 0 Å². The lowest BCUT2D eigenvalue weighted by atomic mass is 9.90. The molecular weight excluding hydrogens is 1310 g/mol. The zero-order valence-corrected chi connectivity index (χ0v) is 64.8. The van der Waals surface area contributed by atoms with Crippen LogP contribution in [0.2, 0.25) is 103 Å². The number of rotatable bonds is 32. The molecule has 0 unspecified atom stereocenters. The molecule has 0 saturated heterocycles. The predicted octanol–water partition coefficient (Wildman–Crippen LogP) is 16.5. The minimum atomic E-state index is -1.41. The quantitative estimate of drug-likeness (QED) is 0.0204. The normalized spacial score (nSPS) is 13.0. The van der Waals surface area contributed by atoms with Gasteiger partial charge in [-0.05, 0) is 99.9 Å². The maximum Gasteiger partial charge on any atom is 0.407 e. The van der Waals surface area contributed by atoms with E-state index in [0.717, 1.165) is 74.2 Å². The van der Waals surface area contributed by atoms with Crippen LogP contribution in [0.3, 0.4) is 0 Å².